The Morgan fingerprint density at radius 3 is 2.50 bits per heavy atom. The lowest BCUT2D eigenvalue weighted by atomic mass is 10.0. The van der Waals surface area contributed by atoms with E-state index in [0.29, 0.717) is 19.0 Å². The van der Waals surface area contributed by atoms with Crippen LogP contribution in [0.1, 0.15) is 18.9 Å². The monoisotopic (exact) mass is 345 g/mol. The number of likely N-dealkylation sites (N-methyl/N-ethyl adjacent to an activating group) is 1. The molecule has 1 aliphatic heterocycles. The fraction of sp³-hybridized carbons (Fsp3) is 0.625. The van der Waals surface area contributed by atoms with Crippen molar-refractivity contribution in [3.05, 3.63) is 34.2 Å². The van der Waals surface area contributed by atoms with E-state index in [0.717, 1.165) is 23.1 Å². The minimum absolute atomic E-state index is 0.220. The highest BCUT2D eigenvalue weighted by Gasteiger charge is 2.36. The van der Waals surface area contributed by atoms with Crippen molar-refractivity contribution >= 4 is 5.91 Å². The van der Waals surface area contributed by atoms with E-state index >= 15 is 0 Å². The zero-order valence-electron chi connectivity index (χ0n) is 14.0. The summed E-state index contributed by atoms with van der Waals surface area (Å²) in [7, 11) is 3.89. The van der Waals surface area contributed by atoms with E-state index in [9.17, 15) is 22.8 Å². The summed E-state index contributed by atoms with van der Waals surface area (Å²) in [6.07, 6.45) is -2.59. The Bertz CT molecular complexity index is 655. The summed E-state index contributed by atoms with van der Waals surface area (Å²) in [5.74, 6) is -0.0126. The van der Waals surface area contributed by atoms with Crippen molar-refractivity contribution in [2.75, 3.05) is 27.2 Å². The number of hydrogen-bond donors (Lipinski definition) is 0. The van der Waals surface area contributed by atoms with Crippen molar-refractivity contribution in [3.8, 4) is 0 Å². The first-order valence-electron chi connectivity index (χ1n) is 7.86. The van der Waals surface area contributed by atoms with E-state index in [2.05, 4.69) is 4.90 Å². The van der Waals surface area contributed by atoms with Crippen molar-refractivity contribution in [1.29, 1.82) is 0 Å². The molecule has 0 radical (unpaired) electrons. The number of alkyl halides is 3. The maximum Gasteiger partial charge on any atom is 0.421 e. The van der Waals surface area contributed by atoms with Gasteiger partial charge in [-0.15, -0.1) is 0 Å². The van der Waals surface area contributed by atoms with E-state index in [1.165, 1.54) is 6.20 Å². The lowest BCUT2D eigenvalue weighted by Gasteiger charge is -2.23. The van der Waals surface area contributed by atoms with Gasteiger partial charge in [0.1, 0.15) is 12.1 Å². The third kappa shape index (κ3) is 3.80. The number of carbonyl (C=O) groups is 1. The summed E-state index contributed by atoms with van der Waals surface area (Å²) in [4.78, 5) is 28.0. The Balaban J connectivity index is 2.15. The summed E-state index contributed by atoms with van der Waals surface area (Å²) in [6.45, 7) is 2.76. The molecule has 1 amide bonds. The van der Waals surface area contributed by atoms with Gasteiger partial charge in [-0.3, -0.25) is 9.59 Å². The van der Waals surface area contributed by atoms with Gasteiger partial charge in [0.25, 0.3) is 5.56 Å². The lowest BCUT2D eigenvalue weighted by Crippen LogP contribution is -2.39. The summed E-state index contributed by atoms with van der Waals surface area (Å²) < 4.78 is 39.2. The van der Waals surface area contributed by atoms with E-state index in [1.807, 2.05) is 21.0 Å². The maximum absolute atomic E-state index is 12.8. The molecule has 0 unspecified atom stereocenters. The van der Waals surface area contributed by atoms with Gasteiger partial charge in [0.2, 0.25) is 5.91 Å². The number of nitrogens with zero attached hydrogens (tertiary/aromatic N) is 3. The van der Waals surface area contributed by atoms with Crippen molar-refractivity contribution in [1.82, 2.24) is 14.4 Å². The van der Waals surface area contributed by atoms with Crippen LogP contribution in [0.4, 0.5) is 13.2 Å². The smallest absolute Gasteiger partial charge is 0.339 e. The van der Waals surface area contributed by atoms with Crippen LogP contribution in [0, 0.1) is 5.92 Å². The van der Waals surface area contributed by atoms with Gasteiger partial charge < -0.3 is 14.4 Å². The zero-order chi connectivity index (χ0) is 18.1. The molecular formula is C16H22F3N3O2. The van der Waals surface area contributed by atoms with E-state index in [4.69, 9.17) is 0 Å². The maximum atomic E-state index is 12.8. The van der Waals surface area contributed by atoms with Crippen molar-refractivity contribution in [3.63, 3.8) is 0 Å². The van der Waals surface area contributed by atoms with Gasteiger partial charge in [0.05, 0.1) is 0 Å². The molecule has 0 saturated carbocycles. The fourth-order valence-electron chi connectivity index (χ4n) is 3.17. The van der Waals surface area contributed by atoms with Crippen LogP contribution < -0.4 is 5.56 Å². The number of pyridine rings is 1. The Labute approximate surface area is 138 Å². The first-order valence-corrected chi connectivity index (χ1v) is 7.86. The minimum Gasteiger partial charge on any atom is -0.339 e. The highest BCUT2D eigenvalue weighted by molar-refractivity contribution is 5.76. The molecule has 2 heterocycles. The molecule has 1 aliphatic rings. The molecule has 2 atom stereocenters. The average Bonchev–Trinajstić information content (AvgIpc) is 2.92. The third-order valence-electron chi connectivity index (χ3n) is 4.58. The van der Waals surface area contributed by atoms with E-state index < -0.39 is 17.3 Å². The lowest BCUT2D eigenvalue weighted by molar-refractivity contribution is -0.139. The van der Waals surface area contributed by atoms with Crippen molar-refractivity contribution in [2.45, 2.75) is 32.1 Å². The molecule has 0 aromatic carbocycles. The van der Waals surface area contributed by atoms with E-state index in [1.54, 1.807) is 4.90 Å². The number of hydrogen-bond acceptors (Lipinski definition) is 3. The highest BCUT2D eigenvalue weighted by Crippen LogP contribution is 2.26. The van der Waals surface area contributed by atoms with Crippen LogP contribution in [0.3, 0.4) is 0 Å². The standard InChI is InChI=1S/C16H22F3N3O2/c1-4-11-8-22(9-13(11)20(2)3)14(23)10-21-7-5-6-12(15(21)24)16(17,18)19/h5-7,11,13H,4,8-10H2,1-3H3/t11-,13-/m0/s1. The Hall–Kier alpha value is -1.83. The van der Waals surface area contributed by atoms with Gasteiger partial charge in [-0.05, 0) is 32.1 Å². The molecular weight excluding hydrogens is 323 g/mol. The van der Waals surface area contributed by atoms with Crippen LogP contribution in [0.25, 0.3) is 0 Å². The summed E-state index contributed by atoms with van der Waals surface area (Å²) >= 11 is 0. The molecule has 0 spiro atoms. The second kappa shape index (κ2) is 6.96. The summed E-state index contributed by atoms with van der Waals surface area (Å²) in [5.41, 5.74) is -2.44. The number of carbonyl (C=O) groups excluding carboxylic acids is 1. The van der Waals surface area contributed by atoms with Crippen LogP contribution in [0.15, 0.2) is 23.1 Å². The number of likely N-dealkylation sites (tertiary alicyclic amines) is 1. The van der Waals surface area contributed by atoms with Gasteiger partial charge in [-0.2, -0.15) is 13.2 Å². The third-order valence-corrected chi connectivity index (χ3v) is 4.58. The molecule has 1 saturated heterocycles. The van der Waals surface area contributed by atoms with Gasteiger partial charge in [0.15, 0.2) is 0 Å². The Morgan fingerprint density at radius 2 is 2.00 bits per heavy atom. The van der Waals surface area contributed by atoms with Crippen LogP contribution in [-0.4, -0.2) is 53.5 Å². The largest absolute Gasteiger partial charge is 0.421 e. The average molecular weight is 345 g/mol. The first-order chi connectivity index (χ1) is 11.1. The van der Waals surface area contributed by atoms with Crippen LogP contribution in [-0.2, 0) is 17.5 Å². The quantitative estimate of drug-likeness (QED) is 0.834. The SMILES string of the molecule is CC[C@H]1CN(C(=O)Cn2cccc(C(F)(F)F)c2=O)C[C@@H]1N(C)C. The van der Waals surface area contributed by atoms with Crippen molar-refractivity contribution < 1.29 is 18.0 Å². The molecule has 0 bridgehead atoms. The summed E-state index contributed by atoms with van der Waals surface area (Å²) in [6, 6.07) is 2.09. The molecule has 1 fully saturated rings. The minimum atomic E-state index is -4.72. The predicted molar refractivity (Wildman–Crippen MR) is 83.5 cm³/mol. The van der Waals surface area contributed by atoms with Gasteiger partial charge in [-0.1, -0.05) is 13.3 Å². The fourth-order valence-corrected chi connectivity index (χ4v) is 3.17. The molecule has 8 heteroatoms. The Kier molecular flexibility index (Phi) is 5.37. The molecule has 0 N–H and O–H groups in total. The van der Waals surface area contributed by atoms with Crippen LogP contribution in [0.2, 0.25) is 0 Å². The Morgan fingerprint density at radius 1 is 1.33 bits per heavy atom. The molecule has 1 aromatic rings. The zero-order valence-corrected chi connectivity index (χ0v) is 14.0. The molecule has 134 valence electrons. The van der Waals surface area contributed by atoms with Gasteiger partial charge >= 0.3 is 6.18 Å². The highest BCUT2D eigenvalue weighted by atomic mass is 19.4. The van der Waals surface area contributed by atoms with Crippen molar-refractivity contribution in [2.24, 2.45) is 5.92 Å². The summed E-state index contributed by atoms with van der Waals surface area (Å²) in [5, 5.41) is 0. The number of amides is 1. The van der Waals surface area contributed by atoms with Gasteiger partial charge in [0, 0.05) is 25.3 Å². The van der Waals surface area contributed by atoms with Crippen LogP contribution in [0.5, 0.6) is 0 Å². The predicted octanol–water partition coefficient (Wildman–Crippen LogP) is 1.67. The van der Waals surface area contributed by atoms with Gasteiger partial charge in [-0.25, -0.2) is 0 Å². The second-order valence-electron chi connectivity index (χ2n) is 6.35. The number of halogens is 3. The topological polar surface area (TPSA) is 45.6 Å². The molecule has 24 heavy (non-hydrogen) atoms. The van der Waals surface area contributed by atoms with E-state index in [-0.39, 0.29) is 18.5 Å². The number of aromatic nitrogens is 1. The van der Waals surface area contributed by atoms with Crippen LogP contribution >= 0.6 is 0 Å². The molecule has 2 rings (SSSR count). The number of rotatable bonds is 4. The molecule has 1 aromatic heterocycles. The molecule has 5 nitrogen and oxygen atoms in total. The first kappa shape index (κ1) is 18.5. The second-order valence-corrected chi connectivity index (χ2v) is 6.35. The normalized spacial score (nSPS) is 21.5. The molecule has 0 aliphatic carbocycles.